The predicted molar refractivity (Wildman–Crippen MR) is 68.6 cm³/mol. The summed E-state index contributed by atoms with van der Waals surface area (Å²) in [4.78, 5) is 0. The molecule has 1 heteroatoms. The first-order chi connectivity index (χ1) is 7.97. The number of rotatable bonds is 0. The Labute approximate surface area is 100 Å². The zero-order valence-electron chi connectivity index (χ0n) is 10.5. The van der Waals surface area contributed by atoms with Crippen LogP contribution in [-0.2, 0) is 4.74 Å². The van der Waals surface area contributed by atoms with Crippen molar-refractivity contribution in [3.8, 4) is 0 Å². The normalized spacial score (nSPS) is 33.5. The van der Waals surface area contributed by atoms with E-state index in [9.17, 15) is 0 Å². The predicted octanol–water partition coefficient (Wildman–Crippen LogP) is 4.61. The second-order valence-corrected chi connectivity index (χ2v) is 5.31. The quantitative estimate of drug-likeness (QED) is 0.430. The number of ether oxygens (including phenoxy) is 1. The van der Waals surface area contributed by atoms with Gasteiger partial charge >= 0.3 is 0 Å². The maximum atomic E-state index is 5.70. The lowest BCUT2D eigenvalue weighted by atomic mass is 10.1. The van der Waals surface area contributed by atoms with Crippen LogP contribution in [-0.4, -0.2) is 12.2 Å². The zero-order chi connectivity index (χ0) is 11.1. The van der Waals surface area contributed by atoms with Gasteiger partial charge in [0.25, 0.3) is 0 Å². The lowest BCUT2D eigenvalue weighted by Gasteiger charge is -1.97. The van der Waals surface area contributed by atoms with Gasteiger partial charge in [-0.15, -0.1) is 0 Å². The molecule has 1 aliphatic heterocycles. The third-order valence-electron chi connectivity index (χ3n) is 3.82. The van der Waals surface area contributed by atoms with Gasteiger partial charge in [0.1, 0.15) is 0 Å². The van der Waals surface area contributed by atoms with Gasteiger partial charge in [-0.2, -0.15) is 0 Å². The minimum atomic E-state index is 0.640. The molecular formula is C15H26O. The summed E-state index contributed by atoms with van der Waals surface area (Å²) in [5.41, 5.74) is 0. The highest BCUT2D eigenvalue weighted by Crippen LogP contribution is 2.31. The molecule has 1 nitrogen and oxygen atoms in total. The van der Waals surface area contributed by atoms with Crippen LogP contribution in [0.15, 0.2) is 12.2 Å². The highest BCUT2D eigenvalue weighted by molar-refractivity contribution is 4.85. The minimum Gasteiger partial charge on any atom is -0.370 e. The minimum absolute atomic E-state index is 0.640. The van der Waals surface area contributed by atoms with Gasteiger partial charge in [-0.05, 0) is 38.5 Å². The van der Waals surface area contributed by atoms with Gasteiger partial charge in [0.15, 0.2) is 0 Å². The summed E-state index contributed by atoms with van der Waals surface area (Å²) in [6, 6.07) is 0. The topological polar surface area (TPSA) is 12.5 Å². The Morgan fingerprint density at radius 3 is 1.75 bits per heavy atom. The standard InChI is InChI=1S/C15H26O/c1-2-4-6-8-10-12-14-15(16-14)13-11-9-7-5-3-1/h1-2,14-15H,3-13H2/t14-,15+/m0/s1. The molecule has 1 aliphatic carbocycles. The van der Waals surface area contributed by atoms with E-state index in [0.717, 1.165) is 0 Å². The molecule has 0 aromatic rings. The van der Waals surface area contributed by atoms with E-state index < -0.39 is 0 Å². The van der Waals surface area contributed by atoms with Crippen molar-refractivity contribution in [2.75, 3.05) is 0 Å². The Bertz CT molecular complexity index is 209. The van der Waals surface area contributed by atoms with Crippen LogP contribution in [0.4, 0.5) is 0 Å². The fourth-order valence-corrected chi connectivity index (χ4v) is 2.67. The van der Waals surface area contributed by atoms with Crippen molar-refractivity contribution in [2.24, 2.45) is 0 Å². The molecule has 0 N–H and O–H groups in total. The molecule has 0 spiro atoms. The average Bonchev–Trinajstić information content (AvgIpc) is 3.02. The lowest BCUT2D eigenvalue weighted by Crippen LogP contribution is -1.94. The summed E-state index contributed by atoms with van der Waals surface area (Å²) in [6.07, 6.45) is 21.0. The Morgan fingerprint density at radius 2 is 1.12 bits per heavy atom. The first-order valence-electron chi connectivity index (χ1n) is 7.27. The van der Waals surface area contributed by atoms with Crippen LogP contribution in [0.5, 0.6) is 0 Å². The van der Waals surface area contributed by atoms with E-state index in [-0.39, 0.29) is 0 Å². The van der Waals surface area contributed by atoms with Crippen molar-refractivity contribution in [1.29, 1.82) is 0 Å². The van der Waals surface area contributed by atoms with Crippen molar-refractivity contribution < 1.29 is 4.74 Å². The van der Waals surface area contributed by atoms with Crippen LogP contribution in [0.3, 0.4) is 0 Å². The molecule has 0 saturated carbocycles. The maximum absolute atomic E-state index is 5.70. The van der Waals surface area contributed by atoms with Gasteiger partial charge in [0.05, 0.1) is 12.2 Å². The summed E-state index contributed by atoms with van der Waals surface area (Å²) in [5.74, 6) is 0. The van der Waals surface area contributed by atoms with Crippen LogP contribution >= 0.6 is 0 Å². The van der Waals surface area contributed by atoms with Crippen LogP contribution in [0.1, 0.15) is 70.6 Å². The smallest absolute Gasteiger partial charge is 0.0841 e. The Morgan fingerprint density at radius 1 is 0.625 bits per heavy atom. The number of hydrogen-bond acceptors (Lipinski definition) is 1. The Balaban J connectivity index is 1.65. The highest BCUT2D eigenvalue weighted by atomic mass is 16.6. The zero-order valence-corrected chi connectivity index (χ0v) is 10.5. The largest absolute Gasteiger partial charge is 0.370 e. The first-order valence-corrected chi connectivity index (χ1v) is 7.27. The van der Waals surface area contributed by atoms with E-state index in [0.29, 0.717) is 12.2 Å². The van der Waals surface area contributed by atoms with Crippen molar-refractivity contribution >= 4 is 0 Å². The molecule has 0 unspecified atom stereocenters. The second-order valence-electron chi connectivity index (χ2n) is 5.31. The molecule has 1 fully saturated rings. The molecule has 16 heavy (non-hydrogen) atoms. The van der Waals surface area contributed by atoms with Crippen LogP contribution < -0.4 is 0 Å². The summed E-state index contributed by atoms with van der Waals surface area (Å²) in [5, 5.41) is 0. The molecule has 0 bridgehead atoms. The number of epoxide rings is 1. The third kappa shape index (κ3) is 4.69. The van der Waals surface area contributed by atoms with Gasteiger partial charge in [-0.25, -0.2) is 0 Å². The fourth-order valence-electron chi connectivity index (χ4n) is 2.67. The van der Waals surface area contributed by atoms with Crippen LogP contribution in [0.2, 0.25) is 0 Å². The first kappa shape index (κ1) is 12.2. The maximum Gasteiger partial charge on any atom is 0.0841 e. The Hall–Kier alpha value is -0.300. The van der Waals surface area contributed by atoms with Crippen LogP contribution in [0, 0.1) is 0 Å². The van der Waals surface area contributed by atoms with Gasteiger partial charge in [-0.3, -0.25) is 0 Å². The van der Waals surface area contributed by atoms with E-state index in [2.05, 4.69) is 12.2 Å². The molecule has 1 saturated heterocycles. The lowest BCUT2D eigenvalue weighted by molar-refractivity contribution is 0.348. The summed E-state index contributed by atoms with van der Waals surface area (Å²) < 4.78 is 5.70. The van der Waals surface area contributed by atoms with Gasteiger partial charge in [-0.1, -0.05) is 44.3 Å². The SMILES string of the molecule is C1=CCCCCC[C@@H]2O[C@@H]2CCCCCC1. The van der Waals surface area contributed by atoms with E-state index in [4.69, 9.17) is 4.74 Å². The highest BCUT2D eigenvalue weighted by Gasteiger charge is 2.36. The molecular weight excluding hydrogens is 196 g/mol. The van der Waals surface area contributed by atoms with E-state index >= 15 is 0 Å². The molecule has 0 aromatic heterocycles. The third-order valence-corrected chi connectivity index (χ3v) is 3.82. The van der Waals surface area contributed by atoms with Crippen molar-refractivity contribution in [3.63, 3.8) is 0 Å². The number of hydrogen-bond donors (Lipinski definition) is 0. The molecule has 92 valence electrons. The van der Waals surface area contributed by atoms with E-state index in [1.807, 2.05) is 0 Å². The fraction of sp³-hybridized carbons (Fsp3) is 0.867. The summed E-state index contributed by atoms with van der Waals surface area (Å²) in [6.45, 7) is 0. The van der Waals surface area contributed by atoms with Crippen molar-refractivity contribution in [1.82, 2.24) is 0 Å². The molecule has 0 aromatic carbocycles. The number of fused-ring (bicyclic) bond motifs is 1. The molecule has 2 aliphatic rings. The van der Waals surface area contributed by atoms with E-state index in [1.165, 1.54) is 70.6 Å². The Kier molecular flexibility index (Phi) is 5.41. The van der Waals surface area contributed by atoms with Gasteiger partial charge < -0.3 is 4.74 Å². The van der Waals surface area contributed by atoms with Crippen molar-refractivity contribution in [2.45, 2.75) is 82.8 Å². The van der Waals surface area contributed by atoms with E-state index in [1.54, 1.807) is 0 Å². The average molecular weight is 222 g/mol. The second kappa shape index (κ2) is 7.11. The van der Waals surface area contributed by atoms with Gasteiger partial charge in [0.2, 0.25) is 0 Å². The summed E-state index contributed by atoms with van der Waals surface area (Å²) in [7, 11) is 0. The van der Waals surface area contributed by atoms with Gasteiger partial charge in [0, 0.05) is 0 Å². The monoisotopic (exact) mass is 222 g/mol. The molecule has 2 atom stereocenters. The van der Waals surface area contributed by atoms with Crippen molar-refractivity contribution in [3.05, 3.63) is 12.2 Å². The molecule has 1 heterocycles. The molecule has 0 amide bonds. The summed E-state index contributed by atoms with van der Waals surface area (Å²) >= 11 is 0. The molecule has 2 rings (SSSR count). The number of allylic oxidation sites excluding steroid dienone is 2. The molecule has 0 radical (unpaired) electrons. The van der Waals surface area contributed by atoms with Crippen LogP contribution in [0.25, 0.3) is 0 Å².